The third-order valence-corrected chi connectivity index (χ3v) is 3.46. The lowest BCUT2D eigenvalue weighted by atomic mass is 10.2. The van der Waals surface area contributed by atoms with Gasteiger partial charge in [-0.05, 0) is 36.4 Å². The zero-order chi connectivity index (χ0) is 14.4. The van der Waals surface area contributed by atoms with Crippen molar-refractivity contribution in [2.45, 2.75) is 4.90 Å². The number of ether oxygens (including phenoxy) is 1. The van der Waals surface area contributed by atoms with Gasteiger partial charge in [0, 0.05) is 10.6 Å². The molecule has 0 radical (unpaired) electrons. The van der Waals surface area contributed by atoms with E-state index in [0.717, 1.165) is 4.90 Å². The largest absolute Gasteiger partial charge is 0.493 e. The lowest BCUT2D eigenvalue weighted by Gasteiger charge is -2.06. The minimum Gasteiger partial charge on any atom is -0.493 e. The Morgan fingerprint density at radius 1 is 1.20 bits per heavy atom. The predicted octanol–water partition coefficient (Wildman–Crippen LogP) is 3.70. The first-order valence-electron chi connectivity index (χ1n) is 6.00. The van der Waals surface area contributed by atoms with E-state index in [4.69, 9.17) is 9.84 Å². The molecule has 0 amide bonds. The zero-order valence-corrected chi connectivity index (χ0v) is 11.4. The van der Waals surface area contributed by atoms with E-state index in [9.17, 15) is 9.18 Å². The van der Waals surface area contributed by atoms with Gasteiger partial charge in [0.1, 0.15) is 11.6 Å². The summed E-state index contributed by atoms with van der Waals surface area (Å²) in [5, 5.41) is 8.86. The Hall–Kier alpha value is -2.01. The molecular weight excluding hydrogens is 279 g/mol. The number of carboxylic acids is 1. The first kappa shape index (κ1) is 14.4. The van der Waals surface area contributed by atoms with Gasteiger partial charge in [-0.15, -0.1) is 11.8 Å². The van der Waals surface area contributed by atoms with Gasteiger partial charge in [-0.1, -0.05) is 12.1 Å². The molecule has 2 aromatic rings. The van der Waals surface area contributed by atoms with E-state index >= 15 is 0 Å². The van der Waals surface area contributed by atoms with Crippen molar-refractivity contribution >= 4 is 17.7 Å². The average Bonchev–Trinajstić information content (AvgIpc) is 2.44. The summed E-state index contributed by atoms with van der Waals surface area (Å²) < 4.78 is 18.4. The number of rotatable bonds is 6. The standard InChI is InChI=1S/C15H13FO3S/c16-12-4-2-6-14(10-12)20-8-7-19-13-5-1-3-11(9-13)15(17)18/h1-6,9-10H,7-8H2,(H,17,18). The molecule has 0 atom stereocenters. The van der Waals surface area contributed by atoms with Crippen LogP contribution in [0.5, 0.6) is 5.75 Å². The zero-order valence-electron chi connectivity index (χ0n) is 10.6. The average molecular weight is 292 g/mol. The summed E-state index contributed by atoms with van der Waals surface area (Å²) in [6, 6.07) is 12.7. The van der Waals surface area contributed by atoms with Crippen LogP contribution in [0.3, 0.4) is 0 Å². The Bertz CT molecular complexity index is 601. The van der Waals surface area contributed by atoms with Crippen molar-refractivity contribution in [3.63, 3.8) is 0 Å². The summed E-state index contributed by atoms with van der Waals surface area (Å²) in [4.78, 5) is 11.6. The highest BCUT2D eigenvalue weighted by Gasteiger charge is 2.03. The van der Waals surface area contributed by atoms with Crippen molar-refractivity contribution in [1.29, 1.82) is 0 Å². The van der Waals surface area contributed by atoms with Crippen LogP contribution in [0.25, 0.3) is 0 Å². The number of hydrogen-bond donors (Lipinski definition) is 1. The topological polar surface area (TPSA) is 46.5 Å². The van der Waals surface area contributed by atoms with Crippen LogP contribution in [0.4, 0.5) is 4.39 Å². The van der Waals surface area contributed by atoms with Crippen LogP contribution in [0.1, 0.15) is 10.4 Å². The highest BCUT2D eigenvalue weighted by atomic mass is 32.2. The maximum absolute atomic E-state index is 13.0. The number of carboxylic acid groups (broad SMARTS) is 1. The molecule has 5 heteroatoms. The van der Waals surface area contributed by atoms with E-state index in [0.29, 0.717) is 18.1 Å². The molecule has 0 fully saturated rings. The lowest BCUT2D eigenvalue weighted by Crippen LogP contribution is -2.02. The van der Waals surface area contributed by atoms with Crippen LogP contribution in [0, 0.1) is 5.82 Å². The van der Waals surface area contributed by atoms with E-state index in [1.54, 1.807) is 18.2 Å². The van der Waals surface area contributed by atoms with Crippen LogP contribution < -0.4 is 4.74 Å². The molecule has 0 heterocycles. The summed E-state index contributed by atoms with van der Waals surface area (Å²) in [6.07, 6.45) is 0. The Morgan fingerprint density at radius 2 is 2.00 bits per heavy atom. The Labute approximate surface area is 120 Å². The minimum absolute atomic E-state index is 0.195. The van der Waals surface area contributed by atoms with E-state index in [2.05, 4.69) is 0 Å². The lowest BCUT2D eigenvalue weighted by molar-refractivity contribution is 0.0696. The fourth-order valence-corrected chi connectivity index (χ4v) is 2.37. The smallest absolute Gasteiger partial charge is 0.335 e. The molecule has 104 valence electrons. The molecule has 0 aliphatic rings. The van der Waals surface area contributed by atoms with Crippen molar-refractivity contribution in [2.75, 3.05) is 12.4 Å². The van der Waals surface area contributed by atoms with Crippen molar-refractivity contribution in [1.82, 2.24) is 0 Å². The normalized spacial score (nSPS) is 10.2. The molecule has 20 heavy (non-hydrogen) atoms. The molecule has 0 aliphatic carbocycles. The van der Waals surface area contributed by atoms with Gasteiger partial charge in [-0.3, -0.25) is 0 Å². The number of benzene rings is 2. The van der Waals surface area contributed by atoms with E-state index in [1.165, 1.54) is 36.0 Å². The fraction of sp³-hybridized carbons (Fsp3) is 0.133. The highest BCUT2D eigenvalue weighted by molar-refractivity contribution is 7.99. The number of hydrogen-bond acceptors (Lipinski definition) is 3. The Morgan fingerprint density at radius 3 is 2.75 bits per heavy atom. The van der Waals surface area contributed by atoms with Gasteiger partial charge >= 0.3 is 5.97 Å². The first-order valence-corrected chi connectivity index (χ1v) is 6.98. The van der Waals surface area contributed by atoms with Crippen LogP contribution >= 0.6 is 11.8 Å². The summed E-state index contributed by atoms with van der Waals surface area (Å²) in [6.45, 7) is 0.421. The van der Waals surface area contributed by atoms with Crippen molar-refractivity contribution in [3.05, 3.63) is 59.9 Å². The summed E-state index contributed by atoms with van der Waals surface area (Å²) in [5.41, 5.74) is 0.195. The maximum atomic E-state index is 13.0. The minimum atomic E-state index is -0.982. The van der Waals surface area contributed by atoms with Gasteiger partial charge in [0.25, 0.3) is 0 Å². The molecule has 0 bridgehead atoms. The molecule has 2 aromatic carbocycles. The molecule has 2 rings (SSSR count). The summed E-state index contributed by atoms with van der Waals surface area (Å²) in [7, 11) is 0. The fourth-order valence-electron chi connectivity index (χ4n) is 1.59. The van der Waals surface area contributed by atoms with Crippen LogP contribution in [-0.2, 0) is 0 Å². The van der Waals surface area contributed by atoms with Gasteiger partial charge in [0.2, 0.25) is 0 Å². The van der Waals surface area contributed by atoms with Crippen LogP contribution in [0.2, 0.25) is 0 Å². The Balaban J connectivity index is 1.81. The Kier molecular flexibility index (Phi) is 5.01. The van der Waals surface area contributed by atoms with Gasteiger partial charge in [0.05, 0.1) is 12.2 Å². The SMILES string of the molecule is O=C(O)c1cccc(OCCSc2cccc(F)c2)c1. The van der Waals surface area contributed by atoms with E-state index in [-0.39, 0.29) is 11.4 Å². The van der Waals surface area contributed by atoms with Crippen LogP contribution in [-0.4, -0.2) is 23.4 Å². The van der Waals surface area contributed by atoms with Gasteiger partial charge < -0.3 is 9.84 Å². The number of thioether (sulfide) groups is 1. The highest BCUT2D eigenvalue weighted by Crippen LogP contribution is 2.19. The van der Waals surface area contributed by atoms with E-state index in [1.807, 2.05) is 6.07 Å². The molecule has 0 unspecified atom stereocenters. The predicted molar refractivity (Wildman–Crippen MR) is 76.0 cm³/mol. The summed E-state index contributed by atoms with van der Waals surface area (Å²) in [5.74, 6) is -0.0692. The number of halogens is 1. The molecule has 0 saturated carbocycles. The van der Waals surface area contributed by atoms with Crippen molar-refractivity contribution in [3.8, 4) is 5.75 Å². The van der Waals surface area contributed by atoms with Gasteiger partial charge in [-0.2, -0.15) is 0 Å². The van der Waals surface area contributed by atoms with Gasteiger partial charge in [-0.25, -0.2) is 9.18 Å². The second-order valence-corrected chi connectivity index (χ2v) is 5.16. The molecular formula is C15H13FO3S. The summed E-state index contributed by atoms with van der Waals surface area (Å²) >= 11 is 1.48. The quantitative estimate of drug-likeness (QED) is 0.651. The second-order valence-electron chi connectivity index (χ2n) is 3.99. The van der Waals surface area contributed by atoms with Crippen molar-refractivity contribution < 1.29 is 19.0 Å². The van der Waals surface area contributed by atoms with E-state index < -0.39 is 5.97 Å². The number of carbonyl (C=O) groups is 1. The van der Waals surface area contributed by atoms with Crippen LogP contribution in [0.15, 0.2) is 53.4 Å². The molecule has 0 spiro atoms. The molecule has 0 aliphatic heterocycles. The first-order chi connectivity index (χ1) is 9.65. The maximum Gasteiger partial charge on any atom is 0.335 e. The molecule has 0 saturated heterocycles. The molecule has 0 aromatic heterocycles. The van der Waals surface area contributed by atoms with Gasteiger partial charge in [0.15, 0.2) is 0 Å². The second kappa shape index (κ2) is 6.96. The monoisotopic (exact) mass is 292 g/mol. The third kappa shape index (κ3) is 4.28. The molecule has 1 N–H and O–H groups in total. The molecule has 3 nitrogen and oxygen atoms in total. The van der Waals surface area contributed by atoms with Crippen molar-refractivity contribution in [2.24, 2.45) is 0 Å². The third-order valence-electron chi connectivity index (χ3n) is 2.50. The number of aromatic carboxylic acids is 1.